The number of hydrogen-bond donors (Lipinski definition) is 0. The highest BCUT2D eigenvalue weighted by Gasteiger charge is 1.83. The van der Waals surface area contributed by atoms with Gasteiger partial charge < -0.3 is 0 Å². The third-order valence-electron chi connectivity index (χ3n) is 1.45. The molecule has 0 atom stereocenters. The molecule has 58 valence electrons. The first kappa shape index (κ1) is 8.44. The molecule has 0 fully saturated rings. The molecule has 0 radical (unpaired) electrons. The highest BCUT2D eigenvalue weighted by atomic mass is 13.9. The molecular formula is C12H10. The van der Waals surface area contributed by atoms with E-state index in [9.17, 15) is 0 Å². The number of hydrogen-bond acceptors (Lipinski definition) is 0. The second-order valence-electron chi connectivity index (χ2n) is 2.40. The monoisotopic (exact) mass is 154 g/mol. The van der Waals surface area contributed by atoms with Crippen LogP contribution in [0.5, 0.6) is 0 Å². The van der Waals surface area contributed by atoms with E-state index in [4.69, 9.17) is 6.42 Å². The molecule has 12 heavy (non-hydrogen) atoms. The minimum Gasteiger partial charge on any atom is -0.119 e. The highest BCUT2D eigenvalue weighted by molar-refractivity contribution is 5.21. The zero-order chi connectivity index (χ0) is 8.65. The van der Waals surface area contributed by atoms with E-state index in [2.05, 4.69) is 29.9 Å². The summed E-state index contributed by atoms with van der Waals surface area (Å²) < 4.78 is 0. The van der Waals surface area contributed by atoms with Crippen LogP contribution in [0.2, 0.25) is 0 Å². The Bertz CT molecular complexity index is 317. The molecule has 0 spiro atoms. The summed E-state index contributed by atoms with van der Waals surface area (Å²) in [5, 5.41) is 0. The van der Waals surface area contributed by atoms with Gasteiger partial charge in [0.25, 0.3) is 0 Å². The molecule has 0 aromatic heterocycles. The molecular weight excluding hydrogens is 144 g/mol. The summed E-state index contributed by atoms with van der Waals surface area (Å²) in [6, 6.07) is 10.1. The Kier molecular flexibility index (Phi) is 3.55. The van der Waals surface area contributed by atoms with Crippen LogP contribution >= 0.6 is 0 Å². The number of terminal acetylenes is 1. The summed E-state index contributed by atoms with van der Waals surface area (Å²) in [5.74, 6) is 8.39. The third-order valence-corrected chi connectivity index (χ3v) is 1.45. The van der Waals surface area contributed by atoms with Crippen LogP contribution in [0.4, 0.5) is 0 Å². The molecule has 1 rings (SSSR count). The van der Waals surface area contributed by atoms with Gasteiger partial charge in [0.05, 0.1) is 6.42 Å². The Morgan fingerprint density at radius 3 is 2.50 bits per heavy atom. The summed E-state index contributed by atoms with van der Waals surface area (Å²) in [7, 11) is 0. The van der Waals surface area contributed by atoms with E-state index in [0.717, 1.165) is 6.42 Å². The lowest BCUT2D eigenvalue weighted by molar-refractivity contribution is 1.31. The summed E-state index contributed by atoms with van der Waals surface area (Å²) >= 11 is 0. The fourth-order valence-electron chi connectivity index (χ4n) is 0.874. The SMILES string of the molecule is C#CCC#CCc1ccccc1. The first-order valence-electron chi connectivity index (χ1n) is 3.86. The lowest BCUT2D eigenvalue weighted by atomic mass is 10.1. The fourth-order valence-corrected chi connectivity index (χ4v) is 0.874. The lowest BCUT2D eigenvalue weighted by Gasteiger charge is -1.90. The number of benzene rings is 1. The molecule has 1 aromatic rings. The van der Waals surface area contributed by atoms with Crippen molar-refractivity contribution in [3.05, 3.63) is 35.9 Å². The second kappa shape index (κ2) is 5.05. The van der Waals surface area contributed by atoms with Crippen LogP contribution in [0.1, 0.15) is 12.0 Å². The van der Waals surface area contributed by atoms with E-state index in [1.165, 1.54) is 5.56 Å². The first-order valence-corrected chi connectivity index (χ1v) is 3.86. The highest BCUT2D eigenvalue weighted by Crippen LogP contribution is 1.97. The van der Waals surface area contributed by atoms with Crippen molar-refractivity contribution < 1.29 is 0 Å². The molecule has 0 aliphatic carbocycles. The van der Waals surface area contributed by atoms with Crippen LogP contribution in [-0.4, -0.2) is 0 Å². The van der Waals surface area contributed by atoms with Gasteiger partial charge in [0.2, 0.25) is 0 Å². The van der Waals surface area contributed by atoms with Gasteiger partial charge >= 0.3 is 0 Å². The summed E-state index contributed by atoms with van der Waals surface area (Å²) in [6.07, 6.45) is 6.40. The smallest absolute Gasteiger partial charge is 0.0700 e. The molecule has 0 saturated carbocycles. The molecule has 0 heteroatoms. The van der Waals surface area contributed by atoms with Crippen molar-refractivity contribution >= 4 is 0 Å². The van der Waals surface area contributed by atoms with Crippen molar-refractivity contribution in [1.82, 2.24) is 0 Å². The minimum absolute atomic E-state index is 0.548. The van der Waals surface area contributed by atoms with Crippen LogP contribution in [-0.2, 0) is 6.42 Å². The average molecular weight is 154 g/mol. The largest absolute Gasteiger partial charge is 0.119 e. The van der Waals surface area contributed by atoms with Crippen molar-refractivity contribution in [2.75, 3.05) is 0 Å². The van der Waals surface area contributed by atoms with Gasteiger partial charge in [-0.2, -0.15) is 0 Å². The van der Waals surface area contributed by atoms with E-state index in [1.807, 2.05) is 18.2 Å². The van der Waals surface area contributed by atoms with Crippen molar-refractivity contribution in [1.29, 1.82) is 0 Å². The summed E-state index contributed by atoms with van der Waals surface area (Å²) in [4.78, 5) is 0. The zero-order valence-electron chi connectivity index (χ0n) is 6.88. The van der Waals surface area contributed by atoms with Crippen molar-refractivity contribution in [2.24, 2.45) is 0 Å². The Hall–Kier alpha value is -1.66. The van der Waals surface area contributed by atoms with E-state index in [0.29, 0.717) is 6.42 Å². The van der Waals surface area contributed by atoms with Crippen LogP contribution in [0.25, 0.3) is 0 Å². The molecule has 0 bridgehead atoms. The van der Waals surface area contributed by atoms with Crippen LogP contribution in [0, 0.1) is 24.2 Å². The van der Waals surface area contributed by atoms with Crippen molar-refractivity contribution in [3.8, 4) is 24.2 Å². The maximum absolute atomic E-state index is 5.06. The molecule has 0 amide bonds. The molecule has 0 nitrogen and oxygen atoms in total. The van der Waals surface area contributed by atoms with Gasteiger partial charge in [-0.3, -0.25) is 0 Å². The van der Waals surface area contributed by atoms with Gasteiger partial charge in [-0.1, -0.05) is 48.1 Å². The predicted octanol–water partition coefficient (Wildman–Crippen LogP) is 2.26. The lowest BCUT2D eigenvalue weighted by Crippen LogP contribution is -1.78. The normalized spacial score (nSPS) is 7.92. The van der Waals surface area contributed by atoms with Crippen LogP contribution < -0.4 is 0 Å². The van der Waals surface area contributed by atoms with Gasteiger partial charge in [0.1, 0.15) is 0 Å². The molecule has 1 aromatic carbocycles. The van der Waals surface area contributed by atoms with Gasteiger partial charge in [0.15, 0.2) is 0 Å². The maximum Gasteiger partial charge on any atom is 0.0700 e. The second-order valence-corrected chi connectivity index (χ2v) is 2.40. The summed E-state index contributed by atoms with van der Waals surface area (Å²) in [5.41, 5.74) is 1.24. The Morgan fingerprint density at radius 1 is 1.08 bits per heavy atom. The van der Waals surface area contributed by atoms with Crippen LogP contribution in [0.3, 0.4) is 0 Å². The molecule has 0 saturated heterocycles. The summed E-state index contributed by atoms with van der Waals surface area (Å²) in [6.45, 7) is 0. The van der Waals surface area contributed by atoms with Gasteiger partial charge in [-0.15, -0.1) is 6.42 Å². The van der Waals surface area contributed by atoms with Gasteiger partial charge in [-0.25, -0.2) is 0 Å². The number of rotatable bonds is 1. The van der Waals surface area contributed by atoms with E-state index >= 15 is 0 Å². The third kappa shape index (κ3) is 2.95. The van der Waals surface area contributed by atoms with E-state index in [-0.39, 0.29) is 0 Å². The Balaban J connectivity index is 2.46. The quantitative estimate of drug-likeness (QED) is 0.544. The molecule has 0 heterocycles. The molecule has 0 aliphatic rings. The fraction of sp³-hybridized carbons (Fsp3) is 0.167. The Morgan fingerprint density at radius 2 is 1.83 bits per heavy atom. The van der Waals surface area contributed by atoms with Gasteiger partial charge in [0, 0.05) is 6.42 Å². The maximum atomic E-state index is 5.06. The molecule has 0 aliphatic heterocycles. The van der Waals surface area contributed by atoms with Crippen LogP contribution in [0.15, 0.2) is 30.3 Å². The first-order chi connectivity index (χ1) is 5.93. The Labute approximate surface area is 73.6 Å². The van der Waals surface area contributed by atoms with E-state index in [1.54, 1.807) is 0 Å². The van der Waals surface area contributed by atoms with Crippen molar-refractivity contribution in [2.45, 2.75) is 12.8 Å². The minimum atomic E-state index is 0.548. The molecule has 0 N–H and O–H groups in total. The molecule has 0 unspecified atom stereocenters. The zero-order valence-corrected chi connectivity index (χ0v) is 6.88. The topological polar surface area (TPSA) is 0 Å². The predicted molar refractivity (Wildman–Crippen MR) is 51.4 cm³/mol. The average Bonchev–Trinajstić information content (AvgIpc) is 2.14. The van der Waals surface area contributed by atoms with Crippen molar-refractivity contribution in [3.63, 3.8) is 0 Å². The van der Waals surface area contributed by atoms with Gasteiger partial charge in [-0.05, 0) is 5.56 Å². The standard InChI is InChI=1S/C12H10/c1-2-3-4-6-9-12-10-7-5-8-11-12/h1,5,7-8,10-11H,3,9H2. The van der Waals surface area contributed by atoms with E-state index < -0.39 is 0 Å².